The fourth-order valence-electron chi connectivity index (χ4n) is 2.34. The zero-order chi connectivity index (χ0) is 15.4. The highest BCUT2D eigenvalue weighted by molar-refractivity contribution is 9.10. The van der Waals surface area contributed by atoms with Crippen molar-refractivity contribution in [3.8, 4) is 0 Å². The molecule has 1 N–H and O–H groups in total. The zero-order valence-electron chi connectivity index (χ0n) is 13.1. The Hall–Kier alpha value is -1.20. The zero-order valence-corrected chi connectivity index (χ0v) is 14.7. The van der Waals surface area contributed by atoms with Crippen molar-refractivity contribution in [2.24, 2.45) is 0 Å². The number of halogens is 1. The van der Waals surface area contributed by atoms with Crippen LogP contribution >= 0.6 is 15.9 Å². The lowest BCUT2D eigenvalue weighted by molar-refractivity contribution is 0.470. The quantitative estimate of drug-likeness (QED) is 0.855. The van der Waals surface area contributed by atoms with Crippen LogP contribution in [0.3, 0.4) is 0 Å². The lowest BCUT2D eigenvalue weighted by atomic mass is 10.0. The minimum atomic E-state index is 0.0947. The molecule has 2 aromatic rings. The molecule has 114 valence electrons. The minimum absolute atomic E-state index is 0.0947. The van der Waals surface area contributed by atoms with E-state index >= 15 is 0 Å². The number of pyridine rings is 1. The molecule has 0 radical (unpaired) electrons. The Bertz CT molecular complexity index is 574. The summed E-state index contributed by atoms with van der Waals surface area (Å²) in [6.45, 7) is 9.42. The number of aryl methyl sites for hydroxylation is 1. The smallest absolute Gasteiger partial charge is 0.0774 e. The van der Waals surface area contributed by atoms with Crippen LogP contribution in [0.2, 0.25) is 0 Å². The van der Waals surface area contributed by atoms with Crippen LogP contribution in [0.5, 0.6) is 0 Å². The van der Waals surface area contributed by atoms with Gasteiger partial charge in [0.2, 0.25) is 0 Å². The molecule has 1 unspecified atom stereocenters. The summed E-state index contributed by atoms with van der Waals surface area (Å²) >= 11 is 3.65. The molecular weight excluding hydrogens is 328 g/mol. The van der Waals surface area contributed by atoms with Crippen LogP contribution in [-0.2, 0) is 0 Å². The SMILES string of the molecule is CCCNC(c1ccc(C)nc1)c1c(Br)cnn1C(C)C. The van der Waals surface area contributed by atoms with Crippen molar-refractivity contribution in [3.05, 3.63) is 46.0 Å². The molecule has 2 rings (SSSR count). The topological polar surface area (TPSA) is 42.7 Å². The van der Waals surface area contributed by atoms with Gasteiger partial charge in [-0.2, -0.15) is 5.10 Å². The van der Waals surface area contributed by atoms with E-state index in [9.17, 15) is 0 Å². The van der Waals surface area contributed by atoms with Crippen molar-refractivity contribution in [1.29, 1.82) is 0 Å². The molecule has 0 amide bonds. The maximum atomic E-state index is 4.50. The van der Waals surface area contributed by atoms with E-state index in [2.05, 4.69) is 68.9 Å². The highest BCUT2D eigenvalue weighted by Crippen LogP contribution is 2.30. The second-order valence-electron chi connectivity index (χ2n) is 5.54. The first-order valence-corrected chi connectivity index (χ1v) is 8.22. The molecule has 0 bridgehead atoms. The first-order chi connectivity index (χ1) is 10.0. The maximum absolute atomic E-state index is 4.50. The first kappa shape index (κ1) is 16.2. The van der Waals surface area contributed by atoms with Crippen molar-refractivity contribution in [2.45, 2.75) is 46.2 Å². The largest absolute Gasteiger partial charge is 0.305 e. The summed E-state index contributed by atoms with van der Waals surface area (Å²) in [7, 11) is 0. The van der Waals surface area contributed by atoms with Gasteiger partial charge in [0.05, 0.1) is 22.4 Å². The molecule has 21 heavy (non-hydrogen) atoms. The van der Waals surface area contributed by atoms with E-state index < -0.39 is 0 Å². The average molecular weight is 351 g/mol. The van der Waals surface area contributed by atoms with Crippen LogP contribution in [0.15, 0.2) is 29.0 Å². The van der Waals surface area contributed by atoms with Gasteiger partial charge in [0.1, 0.15) is 0 Å². The molecule has 2 heterocycles. The molecule has 5 heteroatoms. The van der Waals surface area contributed by atoms with Gasteiger partial charge in [-0.3, -0.25) is 9.67 Å². The standard InChI is InChI=1S/C16H23BrN4/c1-5-8-18-15(13-7-6-12(4)19-9-13)16-14(17)10-20-21(16)11(2)3/h6-7,9-11,15,18H,5,8H2,1-4H3. The van der Waals surface area contributed by atoms with Gasteiger partial charge in [-0.05, 0) is 61.3 Å². The number of nitrogens with one attached hydrogen (secondary N) is 1. The van der Waals surface area contributed by atoms with E-state index in [4.69, 9.17) is 0 Å². The van der Waals surface area contributed by atoms with E-state index in [1.54, 1.807) is 0 Å². The van der Waals surface area contributed by atoms with Crippen molar-refractivity contribution in [3.63, 3.8) is 0 Å². The van der Waals surface area contributed by atoms with Crippen LogP contribution in [0.4, 0.5) is 0 Å². The van der Waals surface area contributed by atoms with Crippen molar-refractivity contribution in [1.82, 2.24) is 20.1 Å². The number of hydrogen-bond donors (Lipinski definition) is 1. The highest BCUT2D eigenvalue weighted by Gasteiger charge is 2.22. The predicted octanol–water partition coefficient (Wildman–Crippen LogP) is 4.02. The Morgan fingerprint density at radius 3 is 2.62 bits per heavy atom. The summed E-state index contributed by atoms with van der Waals surface area (Å²) in [5.74, 6) is 0. The molecular formula is C16H23BrN4. The van der Waals surface area contributed by atoms with Gasteiger partial charge in [0.15, 0.2) is 0 Å². The third-order valence-corrected chi connectivity index (χ3v) is 4.03. The fourth-order valence-corrected chi connectivity index (χ4v) is 2.85. The lowest BCUT2D eigenvalue weighted by Crippen LogP contribution is -2.27. The average Bonchev–Trinajstić information content (AvgIpc) is 2.83. The molecule has 1 atom stereocenters. The third-order valence-electron chi connectivity index (χ3n) is 3.42. The van der Waals surface area contributed by atoms with Crippen molar-refractivity contribution >= 4 is 15.9 Å². The minimum Gasteiger partial charge on any atom is -0.305 e. The van der Waals surface area contributed by atoms with Crippen LogP contribution in [0.1, 0.15) is 56.2 Å². The predicted molar refractivity (Wildman–Crippen MR) is 89.4 cm³/mol. The Balaban J connectivity index is 2.45. The molecule has 0 spiro atoms. The van der Waals surface area contributed by atoms with Gasteiger partial charge < -0.3 is 5.32 Å². The molecule has 0 aromatic carbocycles. The molecule has 2 aromatic heterocycles. The van der Waals surface area contributed by atoms with Crippen LogP contribution < -0.4 is 5.32 Å². The maximum Gasteiger partial charge on any atom is 0.0774 e. The number of hydrogen-bond acceptors (Lipinski definition) is 3. The number of rotatable bonds is 6. The normalized spacial score (nSPS) is 12.9. The molecule has 0 fully saturated rings. The number of nitrogens with zero attached hydrogens (tertiary/aromatic N) is 3. The van der Waals surface area contributed by atoms with Gasteiger partial charge in [0.25, 0.3) is 0 Å². The fraction of sp³-hybridized carbons (Fsp3) is 0.500. The summed E-state index contributed by atoms with van der Waals surface area (Å²) < 4.78 is 3.10. The first-order valence-electron chi connectivity index (χ1n) is 7.43. The molecule has 0 aliphatic rings. The summed E-state index contributed by atoms with van der Waals surface area (Å²) in [5.41, 5.74) is 3.35. The summed E-state index contributed by atoms with van der Waals surface area (Å²) in [4.78, 5) is 4.44. The Kier molecular flexibility index (Phi) is 5.53. The van der Waals surface area contributed by atoms with E-state index in [-0.39, 0.29) is 6.04 Å². The Morgan fingerprint density at radius 2 is 2.05 bits per heavy atom. The highest BCUT2D eigenvalue weighted by atomic mass is 79.9. The van der Waals surface area contributed by atoms with Crippen LogP contribution in [0.25, 0.3) is 0 Å². The van der Waals surface area contributed by atoms with Gasteiger partial charge in [-0.25, -0.2) is 0 Å². The van der Waals surface area contributed by atoms with E-state index in [0.29, 0.717) is 6.04 Å². The Morgan fingerprint density at radius 1 is 1.29 bits per heavy atom. The molecule has 0 saturated carbocycles. The molecule has 0 saturated heterocycles. The van der Waals surface area contributed by atoms with E-state index in [0.717, 1.165) is 34.4 Å². The molecule has 0 aliphatic heterocycles. The van der Waals surface area contributed by atoms with Crippen LogP contribution in [-0.4, -0.2) is 21.3 Å². The van der Waals surface area contributed by atoms with E-state index in [1.807, 2.05) is 19.3 Å². The van der Waals surface area contributed by atoms with E-state index in [1.165, 1.54) is 0 Å². The van der Waals surface area contributed by atoms with Gasteiger partial charge in [-0.1, -0.05) is 13.0 Å². The van der Waals surface area contributed by atoms with Crippen molar-refractivity contribution in [2.75, 3.05) is 6.54 Å². The summed E-state index contributed by atoms with van der Waals surface area (Å²) in [6, 6.07) is 4.60. The van der Waals surface area contributed by atoms with Crippen molar-refractivity contribution < 1.29 is 0 Å². The monoisotopic (exact) mass is 350 g/mol. The summed E-state index contributed by atoms with van der Waals surface area (Å²) in [6.07, 6.45) is 4.91. The third kappa shape index (κ3) is 3.71. The lowest BCUT2D eigenvalue weighted by Gasteiger charge is -2.22. The van der Waals surface area contributed by atoms with Gasteiger partial charge in [-0.15, -0.1) is 0 Å². The van der Waals surface area contributed by atoms with Gasteiger partial charge in [0, 0.05) is 17.9 Å². The molecule has 0 aliphatic carbocycles. The second-order valence-corrected chi connectivity index (χ2v) is 6.39. The summed E-state index contributed by atoms with van der Waals surface area (Å²) in [5, 5.41) is 8.11. The second kappa shape index (κ2) is 7.18. The van der Waals surface area contributed by atoms with Gasteiger partial charge >= 0.3 is 0 Å². The molecule has 4 nitrogen and oxygen atoms in total. The number of aromatic nitrogens is 3. The van der Waals surface area contributed by atoms with Crippen LogP contribution in [0, 0.1) is 6.92 Å². The Labute approximate surface area is 135 Å².